The highest BCUT2D eigenvalue weighted by atomic mass is 32.2. The van der Waals surface area contributed by atoms with E-state index >= 15 is 0 Å². The molecule has 0 radical (unpaired) electrons. The number of benzene rings is 4. The maximum absolute atomic E-state index is 14.2. The highest BCUT2D eigenvalue weighted by Gasteiger charge is 2.59. The molecule has 0 aromatic heterocycles. The third kappa shape index (κ3) is 6.34. The SMILES string of the molecule is Cc1ccc(S(=O)(=O)NC(Cc2ccccc2)C(=O)N2C(c3ccc([N+](=O)[O-])cc3)N2S(=O)(=O)c2ccc(C)cc2)cc1. The Labute approximate surface area is 249 Å². The first-order chi connectivity index (χ1) is 20.4. The molecule has 0 spiro atoms. The van der Waals surface area contributed by atoms with E-state index in [0.717, 1.165) is 20.6 Å². The Bertz CT molecular complexity index is 1860. The third-order valence-electron chi connectivity index (χ3n) is 7.00. The van der Waals surface area contributed by atoms with Crippen LogP contribution in [0.25, 0.3) is 0 Å². The van der Waals surface area contributed by atoms with Gasteiger partial charge in [0.05, 0.1) is 14.7 Å². The second-order valence-electron chi connectivity index (χ2n) is 10.2. The molecule has 4 aromatic carbocycles. The minimum absolute atomic E-state index is 0.0502. The summed E-state index contributed by atoms with van der Waals surface area (Å²) in [5.41, 5.74) is 2.42. The zero-order chi connectivity index (χ0) is 30.9. The van der Waals surface area contributed by atoms with Gasteiger partial charge in [0.2, 0.25) is 10.0 Å². The fourth-order valence-electron chi connectivity index (χ4n) is 4.64. The lowest BCUT2D eigenvalue weighted by Crippen LogP contribution is -2.46. The van der Waals surface area contributed by atoms with E-state index < -0.39 is 43.1 Å². The first-order valence-corrected chi connectivity index (χ1v) is 16.1. The van der Waals surface area contributed by atoms with Crippen molar-refractivity contribution in [2.45, 2.75) is 42.3 Å². The van der Waals surface area contributed by atoms with Crippen molar-refractivity contribution >= 4 is 31.6 Å². The minimum atomic E-state index is -4.28. The van der Waals surface area contributed by atoms with Crippen LogP contribution >= 0.6 is 0 Å². The molecule has 1 aliphatic rings. The van der Waals surface area contributed by atoms with Crippen LogP contribution < -0.4 is 4.72 Å². The van der Waals surface area contributed by atoms with Gasteiger partial charge in [0.15, 0.2) is 6.17 Å². The first kappa shape index (κ1) is 30.0. The lowest BCUT2D eigenvalue weighted by Gasteiger charge is -2.19. The van der Waals surface area contributed by atoms with Crippen LogP contribution in [0.1, 0.15) is 28.4 Å². The van der Waals surface area contributed by atoms with Crippen LogP contribution in [0.4, 0.5) is 5.69 Å². The van der Waals surface area contributed by atoms with Gasteiger partial charge in [0, 0.05) is 12.1 Å². The number of nitrogens with zero attached hydrogens (tertiary/aromatic N) is 3. The zero-order valence-electron chi connectivity index (χ0n) is 23.2. The predicted octanol–water partition coefficient (Wildman–Crippen LogP) is 4.25. The van der Waals surface area contributed by atoms with E-state index in [9.17, 15) is 31.7 Å². The minimum Gasteiger partial charge on any atom is -0.271 e. The fourth-order valence-corrected chi connectivity index (χ4v) is 7.36. The number of sulfonamides is 2. The molecule has 0 bridgehead atoms. The Morgan fingerprint density at radius 2 is 1.35 bits per heavy atom. The molecule has 4 aromatic rings. The fraction of sp³-hybridized carbons (Fsp3) is 0.167. The lowest BCUT2D eigenvalue weighted by molar-refractivity contribution is -0.384. The number of aryl methyl sites for hydroxylation is 2. The second-order valence-corrected chi connectivity index (χ2v) is 13.7. The van der Waals surface area contributed by atoms with E-state index in [-0.39, 0.29) is 21.9 Å². The molecule has 0 saturated carbocycles. The van der Waals surface area contributed by atoms with Gasteiger partial charge >= 0.3 is 0 Å². The van der Waals surface area contributed by atoms with Gasteiger partial charge in [-0.25, -0.2) is 21.8 Å². The molecule has 5 rings (SSSR count). The summed E-state index contributed by atoms with van der Waals surface area (Å²) in [6.45, 7) is 3.62. The van der Waals surface area contributed by atoms with Crippen LogP contribution in [0.5, 0.6) is 0 Å². The van der Waals surface area contributed by atoms with Gasteiger partial charge in [-0.3, -0.25) is 14.9 Å². The van der Waals surface area contributed by atoms with E-state index in [1.54, 1.807) is 61.5 Å². The number of carbonyl (C=O) groups excluding carboxylic acids is 1. The maximum Gasteiger partial charge on any atom is 0.269 e. The van der Waals surface area contributed by atoms with Crippen LogP contribution in [-0.4, -0.2) is 43.1 Å². The summed E-state index contributed by atoms with van der Waals surface area (Å²) in [5, 5.41) is 12.2. The van der Waals surface area contributed by atoms with Gasteiger partial charge in [-0.05, 0) is 67.8 Å². The van der Waals surface area contributed by atoms with Gasteiger partial charge in [-0.2, -0.15) is 4.72 Å². The van der Waals surface area contributed by atoms with E-state index in [1.165, 1.54) is 48.5 Å². The van der Waals surface area contributed by atoms with Crippen LogP contribution in [0.3, 0.4) is 0 Å². The summed E-state index contributed by atoms with van der Waals surface area (Å²) in [6.07, 6.45) is -1.21. The monoisotopic (exact) mass is 620 g/mol. The number of carbonyl (C=O) groups is 1. The molecular weight excluding hydrogens is 592 g/mol. The van der Waals surface area contributed by atoms with Crippen molar-refractivity contribution < 1.29 is 26.6 Å². The summed E-state index contributed by atoms with van der Waals surface area (Å²) < 4.78 is 57.7. The third-order valence-corrected chi connectivity index (χ3v) is 10.2. The number of nitro groups is 1. The molecule has 11 nitrogen and oxygen atoms in total. The largest absolute Gasteiger partial charge is 0.271 e. The molecule has 222 valence electrons. The van der Waals surface area contributed by atoms with Crippen molar-refractivity contribution in [3.63, 3.8) is 0 Å². The summed E-state index contributed by atoms with van der Waals surface area (Å²) in [5.74, 6) is -0.807. The van der Waals surface area contributed by atoms with Crippen LogP contribution in [-0.2, 0) is 31.3 Å². The number of non-ortho nitro benzene ring substituents is 1. The average molecular weight is 621 g/mol. The summed E-state index contributed by atoms with van der Waals surface area (Å²) >= 11 is 0. The van der Waals surface area contributed by atoms with Crippen LogP contribution in [0, 0.1) is 24.0 Å². The van der Waals surface area contributed by atoms with E-state index in [4.69, 9.17) is 0 Å². The molecule has 13 heteroatoms. The average Bonchev–Trinajstić information content (AvgIpc) is 3.74. The molecule has 0 aliphatic carbocycles. The van der Waals surface area contributed by atoms with Crippen molar-refractivity contribution in [1.82, 2.24) is 14.1 Å². The Kier molecular flexibility index (Phi) is 8.16. The highest BCUT2D eigenvalue weighted by molar-refractivity contribution is 7.89. The molecule has 1 aliphatic heterocycles. The standard InChI is InChI=1S/C30H28N4O7S2/c1-21-8-16-26(17-9-21)42(38,39)31-28(20-23-6-4-3-5-7-23)30(35)32-29(24-12-14-25(15-13-24)34(36)37)33(32)43(40,41)27-18-10-22(2)11-19-27/h3-19,28-29,31H,20H2,1-2H3. The van der Waals surface area contributed by atoms with E-state index in [1.807, 2.05) is 6.92 Å². The van der Waals surface area contributed by atoms with Gasteiger partial charge in [0.25, 0.3) is 21.6 Å². The molecule has 1 amide bonds. The van der Waals surface area contributed by atoms with Crippen LogP contribution in [0.2, 0.25) is 0 Å². The Morgan fingerprint density at radius 1 is 0.814 bits per heavy atom. The normalized spacial score (nSPS) is 17.3. The molecule has 1 fully saturated rings. The number of nitro benzene ring substituents is 1. The van der Waals surface area contributed by atoms with Crippen molar-refractivity contribution in [2.24, 2.45) is 0 Å². The van der Waals surface area contributed by atoms with E-state index in [2.05, 4.69) is 4.72 Å². The number of hydrazine groups is 1. The summed E-state index contributed by atoms with van der Waals surface area (Å²) in [6, 6.07) is 24.7. The van der Waals surface area contributed by atoms with Gasteiger partial charge in [-0.1, -0.05) is 70.1 Å². The second kappa shape index (κ2) is 11.7. The molecular formula is C30H28N4O7S2. The van der Waals surface area contributed by atoms with Crippen LogP contribution in [0.15, 0.2) is 113 Å². The van der Waals surface area contributed by atoms with Gasteiger partial charge in [0.1, 0.15) is 6.04 Å². The highest BCUT2D eigenvalue weighted by Crippen LogP contribution is 2.47. The molecule has 3 unspecified atom stereocenters. The molecule has 43 heavy (non-hydrogen) atoms. The number of amides is 1. The van der Waals surface area contributed by atoms with Crippen molar-refractivity contribution in [1.29, 1.82) is 0 Å². The van der Waals surface area contributed by atoms with Crippen molar-refractivity contribution in [3.05, 3.63) is 135 Å². The molecule has 3 atom stereocenters. The predicted molar refractivity (Wildman–Crippen MR) is 158 cm³/mol. The Hall–Kier alpha value is -4.43. The topological polar surface area (TPSA) is 147 Å². The number of nitrogens with one attached hydrogen (secondary N) is 1. The lowest BCUT2D eigenvalue weighted by atomic mass is 10.1. The summed E-state index contributed by atoms with van der Waals surface area (Å²) in [4.78, 5) is 24.7. The molecule has 1 N–H and O–H groups in total. The van der Waals surface area contributed by atoms with Crippen molar-refractivity contribution in [2.75, 3.05) is 0 Å². The van der Waals surface area contributed by atoms with Gasteiger partial charge < -0.3 is 0 Å². The number of hydrogen-bond donors (Lipinski definition) is 1. The maximum atomic E-state index is 14.2. The number of rotatable bonds is 10. The van der Waals surface area contributed by atoms with Crippen molar-refractivity contribution in [3.8, 4) is 0 Å². The molecule has 1 saturated heterocycles. The quantitative estimate of drug-likeness (QED) is 0.158. The Morgan fingerprint density at radius 3 is 1.88 bits per heavy atom. The summed E-state index contributed by atoms with van der Waals surface area (Å²) in [7, 11) is -8.47. The smallest absolute Gasteiger partial charge is 0.269 e. The number of hydrogen-bond acceptors (Lipinski definition) is 7. The zero-order valence-corrected chi connectivity index (χ0v) is 24.8. The Balaban J connectivity index is 1.55. The first-order valence-electron chi connectivity index (χ1n) is 13.2. The molecule has 1 heterocycles. The van der Waals surface area contributed by atoms with Gasteiger partial charge in [-0.15, -0.1) is 0 Å². The van der Waals surface area contributed by atoms with E-state index in [0.29, 0.717) is 11.1 Å².